The normalized spacial score (nSPS) is 17.1. The van der Waals surface area contributed by atoms with Crippen molar-refractivity contribution in [3.8, 4) is 0 Å². The van der Waals surface area contributed by atoms with E-state index in [0.29, 0.717) is 18.0 Å². The highest BCUT2D eigenvalue weighted by Crippen LogP contribution is 2.34. The van der Waals surface area contributed by atoms with Gasteiger partial charge in [-0.1, -0.05) is 0 Å². The molecule has 1 heterocycles. The summed E-state index contributed by atoms with van der Waals surface area (Å²) in [5.74, 6) is 0.319. The van der Waals surface area contributed by atoms with Gasteiger partial charge in [-0.3, -0.25) is 0 Å². The second kappa shape index (κ2) is 4.73. The number of anilines is 1. The molecule has 0 aliphatic heterocycles. The van der Waals surface area contributed by atoms with Crippen molar-refractivity contribution in [2.45, 2.75) is 38.6 Å². The highest BCUT2D eigenvalue weighted by Gasteiger charge is 2.32. The van der Waals surface area contributed by atoms with Crippen molar-refractivity contribution in [2.75, 3.05) is 11.9 Å². The molecule has 4 heteroatoms. The fraction of sp³-hybridized carbons (Fsp3) is 0.538. The van der Waals surface area contributed by atoms with Crippen LogP contribution in [0.4, 0.5) is 5.82 Å². The van der Waals surface area contributed by atoms with Crippen LogP contribution in [0.15, 0.2) is 18.3 Å². The molecule has 1 aromatic heterocycles. The van der Waals surface area contributed by atoms with Crippen molar-refractivity contribution >= 4 is 11.8 Å². The van der Waals surface area contributed by atoms with Gasteiger partial charge in [0.05, 0.1) is 6.61 Å². The average molecular weight is 234 g/mol. The smallest absolute Gasteiger partial charge is 0.341 e. The maximum absolute atomic E-state index is 11.8. The van der Waals surface area contributed by atoms with E-state index in [-0.39, 0.29) is 11.5 Å². The van der Waals surface area contributed by atoms with Gasteiger partial charge < -0.3 is 10.1 Å². The molecule has 1 aromatic rings. The van der Waals surface area contributed by atoms with E-state index >= 15 is 0 Å². The zero-order valence-corrected chi connectivity index (χ0v) is 10.3. The predicted octanol–water partition coefficient (Wildman–Crippen LogP) is 2.61. The van der Waals surface area contributed by atoms with Gasteiger partial charge in [-0.25, -0.2) is 9.78 Å². The van der Waals surface area contributed by atoms with Gasteiger partial charge in [-0.2, -0.15) is 0 Å². The quantitative estimate of drug-likeness (QED) is 0.814. The number of aromatic nitrogens is 1. The van der Waals surface area contributed by atoms with E-state index in [9.17, 15) is 4.79 Å². The Morgan fingerprint density at radius 1 is 1.59 bits per heavy atom. The minimum Gasteiger partial charge on any atom is -0.462 e. The third kappa shape index (κ3) is 2.57. The van der Waals surface area contributed by atoms with Crippen LogP contribution in [0, 0.1) is 0 Å². The van der Waals surface area contributed by atoms with E-state index in [0.717, 1.165) is 12.8 Å². The van der Waals surface area contributed by atoms with Crippen molar-refractivity contribution in [1.82, 2.24) is 4.98 Å². The summed E-state index contributed by atoms with van der Waals surface area (Å²) in [7, 11) is 0. The molecule has 1 aliphatic rings. The maximum Gasteiger partial charge on any atom is 0.341 e. The average Bonchev–Trinajstić information content (AvgIpc) is 2.28. The van der Waals surface area contributed by atoms with Gasteiger partial charge in [0.15, 0.2) is 0 Å². The van der Waals surface area contributed by atoms with Crippen LogP contribution in [-0.2, 0) is 4.74 Å². The number of carbonyl (C=O) groups is 1. The number of hydrogen-bond acceptors (Lipinski definition) is 4. The first-order valence-electron chi connectivity index (χ1n) is 6.05. The Hall–Kier alpha value is -1.58. The summed E-state index contributed by atoms with van der Waals surface area (Å²) < 4.78 is 5.02. The molecule has 1 fully saturated rings. The van der Waals surface area contributed by atoms with Crippen molar-refractivity contribution in [2.24, 2.45) is 0 Å². The monoisotopic (exact) mass is 234 g/mol. The molecule has 0 unspecified atom stereocenters. The van der Waals surface area contributed by atoms with Crippen molar-refractivity contribution in [1.29, 1.82) is 0 Å². The summed E-state index contributed by atoms with van der Waals surface area (Å²) in [6.07, 6.45) is 5.15. The Labute approximate surface area is 101 Å². The van der Waals surface area contributed by atoms with Gasteiger partial charge in [-0.05, 0) is 45.2 Å². The largest absolute Gasteiger partial charge is 0.462 e. The Morgan fingerprint density at radius 2 is 2.35 bits per heavy atom. The summed E-state index contributed by atoms with van der Waals surface area (Å²) >= 11 is 0. The standard InChI is InChI=1S/C13H18N2O2/c1-3-17-12(16)10-6-4-9-14-11(10)15-13(2)7-5-8-13/h4,6,9H,3,5,7-8H2,1-2H3,(H,14,15). The molecule has 0 spiro atoms. The molecular weight excluding hydrogens is 216 g/mol. The van der Waals surface area contributed by atoms with Crippen molar-refractivity contribution < 1.29 is 9.53 Å². The van der Waals surface area contributed by atoms with E-state index in [2.05, 4.69) is 17.2 Å². The third-order valence-corrected chi connectivity index (χ3v) is 3.18. The zero-order valence-electron chi connectivity index (χ0n) is 10.3. The SMILES string of the molecule is CCOC(=O)c1cccnc1NC1(C)CCC1. The molecule has 1 N–H and O–H groups in total. The molecule has 0 amide bonds. The minimum absolute atomic E-state index is 0.0790. The van der Waals surface area contributed by atoms with Crippen molar-refractivity contribution in [3.63, 3.8) is 0 Å². The molecule has 1 saturated carbocycles. The molecule has 17 heavy (non-hydrogen) atoms. The number of nitrogens with one attached hydrogen (secondary N) is 1. The number of nitrogens with zero attached hydrogens (tertiary/aromatic N) is 1. The Balaban J connectivity index is 2.18. The first kappa shape index (κ1) is 11.9. The fourth-order valence-electron chi connectivity index (χ4n) is 2.00. The van der Waals surface area contributed by atoms with Gasteiger partial charge in [0.1, 0.15) is 11.4 Å². The molecular formula is C13H18N2O2. The summed E-state index contributed by atoms with van der Waals surface area (Å²) in [6.45, 7) is 4.33. The van der Waals surface area contributed by atoms with Crippen molar-refractivity contribution in [3.05, 3.63) is 23.9 Å². The van der Waals surface area contributed by atoms with Gasteiger partial charge >= 0.3 is 5.97 Å². The number of esters is 1. The highest BCUT2D eigenvalue weighted by molar-refractivity contribution is 5.94. The van der Waals surface area contributed by atoms with Gasteiger partial charge in [0.25, 0.3) is 0 Å². The zero-order chi connectivity index (χ0) is 12.3. The summed E-state index contributed by atoms with van der Waals surface area (Å²) in [5, 5.41) is 3.35. The summed E-state index contributed by atoms with van der Waals surface area (Å²) in [6, 6.07) is 3.50. The Bertz CT molecular complexity index is 414. The van der Waals surface area contributed by atoms with E-state index in [1.165, 1.54) is 6.42 Å². The molecule has 0 aromatic carbocycles. The number of carbonyl (C=O) groups excluding carboxylic acids is 1. The van der Waals surface area contributed by atoms with Crippen LogP contribution in [0.2, 0.25) is 0 Å². The Kier molecular flexibility index (Phi) is 3.31. The molecule has 2 rings (SSSR count). The lowest BCUT2D eigenvalue weighted by Gasteiger charge is -2.39. The number of pyridine rings is 1. The molecule has 0 atom stereocenters. The van der Waals surface area contributed by atoms with Crippen LogP contribution < -0.4 is 5.32 Å². The lowest BCUT2D eigenvalue weighted by molar-refractivity contribution is 0.0527. The summed E-state index contributed by atoms with van der Waals surface area (Å²) in [5.41, 5.74) is 0.595. The predicted molar refractivity (Wildman–Crippen MR) is 66.1 cm³/mol. The van der Waals surface area contributed by atoms with Crippen LogP contribution in [0.25, 0.3) is 0 Å². The minimum atomic E-state index is -0.314. The third-order valence-electron chi connectivity index (χ3n) is 3.18. The second-order valence-electron chi connectivity index (χ2n) is 4.66. The summed E-state index contributed by atoms with van der Waals surface area (Å²) in [4.78, 5) is 16.0. The van der Waals surface area contributed by atoms with Crippen LogP contribution in [-0.4, -0.2) is 23.1 Å². The van der Waals surface area contributed by atoms with Gasteiger partial charge in [0, 0.05) is 11.7 Å². The number of rotatable bonds is 4. The molecule has 0 radical (unpaired) electrons. The van der Waals surface area contributed by atoms with Crippen LogP contribution >= 0.6 is 0 Å². The first-order valence-corrected chi connectivity index (χ1v) is 6.05. The lowest BCUT2D eigenvalue weighted by Crippen LogP contribution is -2.42. The van der Waals surface area contributed by atoms with Gasteiger partial charge in [0.2, 0.25) is 0 Å². The molecule has 4 nitrogen and oxygen atoms in total. The molecule has 0 bridgehead atoms. The van der Waals surface area contributed by atoms with E-state index in [1.807, 2.05) is 0 Å². The van der Waals surface area contributed by atoms with Crippen LogP contribution in [0.1, 0.15) is 43.5 Å². The fourth-order valence-corrected chi connectivity index (χ4v) is 2.00. The number of hydrogen-bond donors (Lipinski definition) is 1. The van der Waals surface area contributed by atoms with Crippen LogP contribution in [0.5, 0.6) is 0 Å². The lowest BCUT2D eigenvalue weighted by atomic mass is 9.78. The number of ether oxygens (including phenoxy) is 1. The highest BCUT2D eigenvalue weighted by atomic mass is 16.5. The van der Waals surface area contributed by atoms with E-state index < -0.39 is 0 Å². The Morgan fingerprint density at radius 3 is 2.94 bits per heavy atom. The van der Waals surface area contributed by atoms with Gasteiger partial charge in [-0.15, -0.1) is 0 Å². The maximum atomic E-state index is 11.8. The van der Waals surface area contributed by atoms with E-state index in [1.54, 1.807) is 25.3 Å². The first-order chi connectivity index (χ1) is 8.14. The van der Waals surface area contributed by atoms with E-state index in [4.69, 9.17) is 4.74 Å². The molecule has 1 aliphatic carbocycles. The van der Waals surface area contributed by atoms with Crippen LogP contribution in [0.3, 0.4) is 0 Å². The topological polar surface area (TPSA) is 51.2 Å². The molecule has 0 saturated heterocycles. The molecule has 92 valence electrons. The second-order valence-corrected chi connectivity index (χ2v) is 4.66.